The Balaban J connectivity index is 1.52. The Bertz CT molecular complexity index is 1300. The van der Waals surface area contributed by atoms with E-state index in [9.17, 15) is 19.2 Å². The molecule has 0 atom stereocenters. The summed E-state index contributed by atoms with van der Waals surface area (Å²) >= 11 is 4.52. The van der Waals surface area contributed by atoms with Crippen LogP contribution in [0.2, 0.25) is 0 Å². The lowest BCUT2D eigenvalue weighted by Gasteiger charge is -2.18. The molecule has 1 aromatic carbocycles. The molecule has 0 bridgehead atoms. The zero-order chi connectivity index (χ0) is 22.8. The number of nitrogens with one attached hydrogen (secondary N) is 3. The molecule has 166 valence electrons. The average molecular weight is 521 g/mol. The van der Waals surface area contributed by atoms with Crippen LogP contribution in [0, 0.1) is 0 Å². The van der Waals surface area contributed by atoms with Crippen LogP contribution in [0.15, 0.2) is 26.8 Å². The minimum Gasteiger partial charge on any atom is -0.482 e. The molecule has 10 nitrogen and oxygen atoms in total. The van der Waals surface area contributed by atoms with Crippen LogP contribution in [0.1, 0.15) is 28.7 Å². The fourth-order valence-electron chi connectivity index (χ4n) is 3.17. The number of fused-ring (bicyclic) bond motifs is 2. The quantitative estimate of drug-likeness (QED) is 0.423. The van der Waals surface area contributed by atoms with Gasteiger partial charge in [-0.05, 0) is 40.5 Å². The van der Waals surface area contributed by atoms with E-state index in [1.807, 2.05) is 0 Å². The first-order chi connectivity index (χ1) is 15.4. The van der Waals surface area contributed by atoms with Crippen molar-refractivity contribution in [2.24, 2.45) is 0 Å². The number of hydrogen-bond donors (Lipinski definition) is 3. The summed E-state index contributed by atoms with van der Waals surface area (Å²) in [5.74, 6) is -0.871. The number of esters is 1. The number of hydrogen-bond acceptors (Lipinski definition) is 8. The number of ether oxygens (including phenoxy) is 2. The van der Waals surface area contributed by atoms with Crippen molar-refractivity contribution in [3.05, 3.63) is 49.3 Å². The Labute approximate surface area is 193 Å². The molecule has 2 aromatic heterocycles. The van der Waals surface area contributed by atoms with E-state index in [2.05, 4.69) is 36.5 Å². The first-order valence-electron chi connectivity index (χ1n) is 9.56. The number of benzene rings is 1. The Kier molecular flexibility index (Phi) is 6.24. The van der Waals surface area contributed by atoms with Gasteiger partial charge < -0.3 is 25.1 Å². The summed E-state index contributed by atoms with van der Waals surface area (Å²) < 4.78 is 10.8. The van der Waals surface area contributed by atoms with Crippen LogP contribution in [0.3, 0.4) is 0 Å². The minimum absolute atomic E-state index is 0.0368. The summed E-state index contributed by atoms with van der Waals surface area (Å²) in [5, 5.41) is 5.64. The van der Waals surface area contributed by atoms with Crippen LogP contribution >= 0.6 is 27.3 Å². The Morgan fingerprint density at radius 3 is 2.94 bits per heavy atom. The van der Waals surface area contributed by atoms with Gasteiger partial charge in [0.2, 0.25) is 5.82 Å². The predicted molar refractivity (Wildman–Crippen MR) is 120 cm³/mol. The SMILES string of the molecule is CCOC(=O)Cc1c(Br)sc2nc(C(=O)NCc3ccc4c(c3)NC(=O)CO4)[nH]c(=O)c12. The highest BCUT2D eigenvalue weighted by atomic mass is 79.9. The highest BCUT2D eigenvalue weighted by molar-refractivity contribution is 9.11. The summed E-state index contributed by atoms with van der Waals surface area (Å²) in [5.41, 5.74) is 1.21. The van der Waals surface area contributed by atoms with Crippen molar-refractivity contribution in [2.75, 3.05) is 18.5 Å². The maximum Gasteiger partial charge on any atom is 0.310 e. The zero-order valence-electron chi connectivity index (χ0n) is 16.7. The Morgan fingerprint density at radius 1 is 1.34 bits per heavy atom. The molecule has 0 aliphatic carbocycles. The van der Waals surface area contributed by atoms with Crippen molar-refractivity contribution in [3.63, 3.8) is 0 Å². The summed E-state index contributed by atoms with van der Waals surface area (Å²) in [6.07, 6.45) is -0.0801. The lowest BCUT2D eigenvalue weighted by molar-refractivity contribution is -0.142. The lowest BCUT2D eigenvalue weighted by Crippen LogP contribution is -2.28. The van der Waals surface area contributed by atoms with Gasteiger partial charge in [0.1, 0.15) is 10.6 Å². The van der Waals surface area contributed by atoms with E-state index >= 15 is 0 Å². The summed E-state index contributed by atoms with van der Waals surface area (Å²) in [4.78, 5) is 55.6. The predicted octanol–water partition coefficient (Wildman–Crippen LogP) is 2.11. The van der Waals surface area contributed by atoms with Gasteiger partial charge in [-0.15, -0.1) is 11.3 Å². The molecule has 0 spiro atoms. The van der Waals surface area contributed by atoms with Crippen LogP contribution in [-0.2, 0) is 27.3 Å². The number of H-pyrrole nitrogens is 1. The molecule has 1 aliphatic rings. The smallest absolute Gasteiger partial charge is 0.310 e. The van der Waals surface area contributed by atoms with Crippen LogP contribution in [0.4, 0.5) is 5.69 Å². The van der Waals surface area contributed by atoms with Crippen LogP contribution in [0.25, 0.3) is 10.2 Å². The normalized spacial score (nSPS) is 12.6. The second-order valence-electron chi connectivity index (χ2n) is 6.78. The van der Waals surface area contributed by atoms with E-state index in [1.54, 1.807) is 25.1 Å². The average Bonchev–Trinajstić information content (AvgIpc) is 3.07. The van der Waals surface area contributed by atoms with Crippen molar-refractivity contribution in [3.8, 4) is 5.75 Å². The second-order valence-corrected chi connectivity index (χ2v) is 9.10. The molecular weight excluding hydrogens is 504 g/mol. The third-order valence-electron chi connectivity index (χ3n) is 4.58. The van der Waals surface area contributed by atoms with Crippen molar-refractivity contribution in [2.45, 2.75) is 19.9 Å². The first-order valence-corrected chi connectivity index (χ1v) is 11.2. The third-order valence-corrected chi connectivity index (χ3v) is 6.46. The number of halogens is 1. The van der Waals surface area contributed by atoms with Crippen LogP contribution in [-0.4, -0.2) is 41.0 Å². The van der Waals surface area contributed by atoms with E-state index in [1.165, 1.54) is 0 Å². The molecule has 3 aromatic rings. The summed E-state index contributed by atoms with van der Waals surface area (Å²) in [7, 11) is 0. The third kappa shape index (κ3) is 4.50. The number of carbonyl (C=O) groups is 3. The van der Waals surface area contributed by atoms with E-state index in [4.69, 9.17) is 9.47 Å². The van der Waals surface area contributed by atoms with Gasteiger partial charge in [-0.2, -0.15) is 0 Å². The van der Waals surface area contributed by atoms with Crippen LogP contribution in [0.5, 0.6) is 5.75 Å². The fourth-order valence-corrected chi connectivity index (χ4v) is 4.89. The van der Waals surface area contributed by atoms with Gasteiger partial charge in [0, 0.05) is 12.1 Å². The highest BCUT2D eigenvalue weighted by Crippen LogP contribution is 2.33. The fraction of sp³-hybridized carbons (Fsp3) is 0.250. The van der Waals surface area contributed by atoms with Gasteiger partial charge in [-0.3, -0.25) is 19.2 Å². The number of rotatable bonds is 6. The molecule has 0 radical (unpaired) electrons. The van der Waals surface area contributed by atoms with Crippen molar-refractivity contribution < 1.29 is 23.9 Å². The summed E-state index contributed by atoms with van der Waals surface area (Å²) in [6.45, 7) is 2.05. The molecule has 0 unspecified atom stereocenters. The molecule has 3 N–H and O–H groups in total. The van der Waals surface area contributed by atoms with Gasteiger partial charge >= 0.3 is 5.97 Å². The largest absolute Gasteiger partial charge is 0.482 e. The first kappa shape index (κ1) is 22.0. The molecule has 3 heterocycles. The second kappa shape index (κ2) is 9.09. The maximum absolute atomic E-state index is 12.6. The van der Waals surface area contributed by atoms with Gasteiger partial charge in [-0.25, -0.2) is 4.98 Å². The molecule has 1 aliphatic heterocycles. The number of nitrogens with zero attached hydrogens (tertiary/aromatic N) is 1. The van der Waals surface area contributed by atoms with Gasteiger partial charge in [0.25, 0.3) is 17.4 Å². The molecule has 32 heavy (non-hydrogen) atoms. The standard InChI is InChI=1S/C20H17BrN4O6S/c1-2-30-14(27)6-10-15-18(28)24-17(25-20(15)32-16(10)21)19(29)22-7-9-3-4-12-11(5-9)23-13(26)8-31-12/h3-5H,2,6-8H2,1H3,(H,22,29)(H,23,26)(H,24,25,28). The Morgan fingerprint density at radius 2 is 2.16 bits per heavy atom. The van der Waals surface area contributed by atoms with Gasteiger partial charge in [0.15, 0.2) is 6.61 Å². The molecule has 0 fully saturated rings. The molecule has 12 heteroatoms. The van der Waals surface area contributed by atoms with E-state index in [-0.39, 0.29) is 43.3 Å². The number of aromatic amines is 1. The minimum atomic E-state index is -0.571. The van der Waals surface area contributed by atoms with E-state index < -0.39 is 17.4 Å². The number of carbonyl (C=O) groups excluding carboxylic acids is 3. The summed E-state index contributed by atoms with van der Waals surface area (Å²) in [6, 6.07) is 5.16. The highest BCUT2D eigenvalue weighted by Gasteiger charge is 2.21. The van der Waals surface area contributed by atoms with Crippen molar-refractivity contribution in [1.29, 1.82) is 0 Å². The van der Waals surface area contributed by atoms with E-state index in [0.717, 1.165) is 16.9 Å². The molecule has 4 rings (SSSR count). The van der Waals surface area contributed by atoms with Crippen LogP contribution < -0.4 is 20.9 Å². The van der Waals surface area contributed by atoms with Gasteiger partial charge in [0.05, 0.1) is 27.9 Å². The molecule has 2 amide bonds. The molecule has 0 saturated heterocycles. The van der Waals surface area contributed by atoms with Gasteiger partial charge in [-0.1, -0.05) is 6.07 Å². The monoisotopic (exact) mass is 520 g/mol. The number of aromatic nitrogens is 2. The Hall–Kier alpha value is -3.25. The van der Waals surface area contributed by atoms with Crippen molar-refractivity contribution in [1.82, 2.24) is 15.3 Å². The number of amides is 2. The van der Waals surface area contributed by atoms with Crippen molar-refractivity contribution >= 4 is 61.0 Å². The number of thiophene rings is 1. The number of anilines is 1. The van der Waals surface area contributed by atoms with E-state index in [0.29, 0.717) is 25.6 Å². The lowest BCUT2D eigenvalue weighted by atomic mass is 10.1. The molecule has 0 saturated carbocycles. The molecular formula is C20H17BrN4O6S. The topological polar surface area (TPSA) is 139 Å². The maximum atomic E-state index is 12.6. The zero-order valence-corrected chi connectivity index (χ0v) is 19.1.